The van der Waals surface area contributed by atoms with Crippen molar-refractivity contribution in [3.63, 3.8) is 0 Å². The highest BCUT2D eigenvalue weighted by Gasteiger charge is 2.36. The van der Waals surface area contributed by atoms with Crippen molar-refractivity contribution in [1.29, 1.82) is 0 Å². The Hall–Kier alpha value is -1.93. The van der Waals surface area contributed by atoms with Gasteiger partial charge in [-0.25, -0.2) is 4.98 Å². The summed E-state index contributed by atoms with van der Waals surface area (Å²) in [4.78, 5) is 16.6. The Kier molecular flexibility index (Phi) is 4.83. The summed E-state index contributed by atoms with van der Waals surface area (Å²) >= 11 is 1.32. The summed E-state index contributed by atoms with van der Waals surface area (Å²) in [7, 11) is 0. The number of nitrogens with two attached hydrogens (primary N) is 1. The van der Waals surface area contributed by atoms with E-state index in [9.17, 15) is 18.0 Å². The quantitative estimate of drug-likeness (QED) is 0.863. The van der Waals surface area contributed by atoms with Crippen LogP contribution in [0.25, 0.3) is 10.6 Å². The van der Waals surface area contributed by atoms with Crippen molar-refractivity contribution < 1.29 is 18.0 Å². The molecule has 1 aromatic heterocycles. The minimum atomic E-state index is -4.35. The number of benzene rings is 1. The number of thiazole rings is 1. The SMILES string of the molecule is NC1(C(=O)NCc2csc(-c3ccc(C(F)(F)F)cc3)n2)CCCC1. The Morgan fingerprint density at radius 1 is 1.24 bits per heavy atom. The molecule has 1 aromatic carbocycles. The number of hydrogen-bond donors (Lipinski definition) is 2. The Morgan fingerprint density at radius 2 is 1.88 bits per heavy atom. The van der Waals surface area contributed by atoms with Crippen LogP contribution in [0.2, 0.25) is 0 Å². The van der Waals surface area contributed by atoms with Crippen molar-refractivity contribution in [3.8, 4) is 10.6 Å². The van der Waals surface area contributed by atoms with Crippen LogP contribution in [0.1, 0.15) is 36.9 Å². The molecule has 8 heteroatoms. The summed E-state index contributed by atoms with van der Waals surface area (Å²) in [5.74, 6) is -0.172. The number of nitrogens with one attached hydrogen (secondary N) is 1. The molecule has 0 radical (unpaired) electrons. The molecule has 1 saturated carbocycles. The first-order chi connectivity index (χ1) is 11.8. The molecule has 1 aliphatic rings. The second-order valence-electron chi connectivity index (χ2n) is 6.27. The molecular weight excluding hydrogens is 351 g/mol. The maximum atomic E-state index is 12.6. The van der Waals surface area contributed by atoms with E-state index in [4.69, 9.17) is 5.73 Å². The second-order valence-corrected chi connectivity index (χ2v) is 7.12. The average molecular weight is 369 g/mol. The van der Waals surface area contributed by atoms with Crippen LogP contribution in [0.4, 0.5) is 13.2 Å². The normalized spacial score (nSPS) is 16.8. The van der Waals surface area contributed by atoms with Gasteiger partial charge in [-0.2, -0.15) is 13.2 Å². The number of rotatable bonds is 4. The number of carbonyl (C=O) groups excluding carboxylic acids is 1. The van der Waals surface area contributed by atoms with Gasteiger partial charge in [0.25, 0.3) is 0 Å². The van der Waals surface area contributed by atoms with E-state index in [2.05, 4.69) is 10.3 Å². The molecule has 0 saturated heterocycles. The van der Waals surface area contributed by atoms with Gasteiger partial charge in [0.2, 0.25) is 5.91 Å². The molecule has 1 fully saturated rings. The van der Waals surface area contributed by atoms with Crippen LogP contribution < -0.4 is 11.1 Å². The molecule has 1 aliphatic carbocycles. The zero-order valence-corrected chi connectivity index (χ0v) is 14.2. The fraction of sp³-hybridized carbons (Fsp3) is 0.412. The van der Waals surface area contributed by atoms with Crippen molar-refractivity contribution in [1.82, 2.24) is 10.3 Å². The van der Waals surface area contributed by atoms with E-state index in [-0.39, 0.29) is 12.5 Å². The van der Waals surface area contributed by atoms with Crippen molar-refractivity contribution in [3.05, 3.63) is 40.9 Å². The molecule has 134 valence electrons. The van der Waals surface area contributed by atoms with Crippen molar-refractivity contribution in [2.24, 2.45) is 5.73 Å². The highest BCUT2D eigenvalue weighted by Crippen LogP contribution is 2.32. The summed E-state index contributed by atoms with van der Waals surface area (Å²) in [5, 5.41) is 5.20. The van der Waals surface area contributed by atoms with E-state index in [0.29, 0.717) is 29.1 Å². The van der Waals surface area contributed by atoms with Crippen LogP contribution in [-0.4, -0.2) is 16.4 Å². The van der Waals surface area contributed by atoms with Crippen LogP contribution in [0.15, 0.2) is 29.6 Å². The molecule has 1 amide bonds. The molecule has 25 heavy (non-hydrogen) atoms. The van der Waals surface area contributed by atoms with Crippen LogP contribution in [-0.2, 0) is 17.5 Å². The zero-order chi connectivity index (χ0) is 18.1. The van der Waals surface area contributed by atoms with Crippen molar-refractivity contribution in [2.45, 2.75) is 43.9 Å². The molecule has 4 nitrogen and oxygen atoms in total. The molecule has 0 spiro atoms. The maximum absolute atomic E-state index is 12.6. The minimum absolute atomic E-state index is 0.172. The van der Waals surface area contributed by atoms with Crippen molar-refractivity contribution >= 4 is 17.2 Å². The molecule has 0 bridgehead atoms. The van der Waals surface area contributed by atoms with Gasteiger partial charge in [-0.1, -0.05) is 25.0 Å². The van der Waals surface area contributed by atoms with Gasteiger partial charge < -0.3 is 11.1 Å². The molecule has 0 aliphatic heterocycles. The number of nitrogens with zero attached hydrogens (tertiary/aromatic N) is 1. The van der Waals surface area contributed by atoms with E-state index in [1.165, 1.54) is 23.5 Å². The zero-order valence-electron chi connectivity index (χ0n) is 13.4. The average Bonchev–Trinajstić information content (AvgIpc) is 3.22. The predicted molar refractivity (Wildman–Crippen MR) is 89.8 cm³/mol. The first-order valence-electron chi connectivity index (χ1n) is 7.97. The van der Waals surface area contributed by atoms with E-state index >= 15 is 0 Å². The summed E-state index contributed by atoms with van der Waals surface area (Å²) in [5.41, 5.74) is 5.89. The van der Waals surface area contributed by atoms with Crippen LogP contribution in [0.3, 0.4) is 0 Å². The first-order valence-corrected chi connectivity index (χ1v) is 8.85. The summed E-state index contributed by atoms with van der Waals surface area (Å²) in [6.45, 7) is 0.259. The Balaban J connectivity index is 1.63. The third-order valence-corrected chi connectivity index (χ3v) is 5.33. The van der Waals surface area contributed by atoms with Crippen LogP contribution in [0, 0.1) is 0 Å². The van der Waals surface area contributed by atoms with Gasteiger partial charge in [-0.05, 0) is 25.0 Å². The van der Waals surface area contributed by atoms with Crippen LogP contribution in [0.5, 0.6) is 0 Å². The number of hydrogen-bond acceptors (Lipinski definition) is 4. The topological polar surface area (TPSA) is 68.0 Å². The molecular formula is C17H18F3N3OS. The van der Waals surface area contributed by atoms with Crippen molar-refractivity contribution in [2.75, 3.05) is 0 Å². The fourth-order valence-corrected chi connectivity index (χ4v) is 3.73. The van der Waals surface area contributed by atoms with Gasteiger partial charge in [0.15, 0.2) is 0 Å². The lowest BCUT2D eigenvalue weighted by Crippen LogP contribution is -2.51. The van der Waals surface area contributed by atoms with E-state index in [1.54, 1.807) is 5.38 Å². The Morgan fingerprint density at radius 3 is 2.48 bits per heavy atom. The third-order valence-electron chi connectivity index (χ3n) is 4.39. The lowest BCUT2D eigenvalue weighted by atomic mass is 9.98. The monoisotopic (exact) mass is 369 g/mol. The van der Waals surface area contributed by atoms with Gasteiger partial charge in [-0.15, -0.1) is 11.3 Å². The molecule has 0 atom stereocenters. The molecule has 2 aromatic rings. The molecule has 3 rings (SSSR count). The molecule has 1 heterocycles. The number of halogens is 3. The van der Waals surface area contributed by atoms with Gasteiger partial charge in [-0.3, -0.25) is 4.79 Å². The predicted octanol–water partition coefficient (Wildman–Crippen LogP) is 3.72. The van der Waals surface area contributed by atoms with E-state index in [0.717, 1.165) is 25.0 Å². The van der Waals surface area contributed by atoms with Gasteiger partial charge >= 0.3 is 6.18 Å². The number of aromatic nitrogens is 1. The van der Waals surface area contributed by atoms with E-state index in [1.807, 2.05) is 0 Å². The Labute approximate surface area is 147 Å². The standard InChI is InChI=1S/C17H18F3N3OS/c18-17(19,20)12-5-3-11(4-6-12)14-23-13(10-25-14)9-22-15(24)16(21)7-1-2-8-16/h3-6,10H,1-2,7-9,21H2,(H,22,24). The maximum Gasteiger partial charge on any atom is 0.416 e. The Bertz CT molecular complexity index is 749. The number of alkyl halides is 3. The highest BCUT2D eigenvalue weighted by molar-refractivity contribution is 7.13. The minimum Gasteiger partial charge on any atom is -0.349 e. The molecule has 0 unspecified atom stereocenters. The number of amides is 1. The summed E-state index contributed by atoms with van der Waals surface area (Å²) in [6, 6.07) is 4.88. The highest BCUT2D eigenvalue weighted by atomic mass is 32.1. The second kappa shape index (κ2) is 6.76. The summed E-state index contributed by atoms with van der Waals surface area (Å²) < 4.78 is 37.8. The van der Waals surface area contributed by atoms with Gasteiger partial charge in [0.05, 0.1) is 23.3 Å². The smallest absolute Gasteiger partial charge is 0.349 e. The lowest BCUT2D eigenvalue weighted by molar-refractivity contribution is -0.137. The molecule has 3 N–H and O–H groups in total. The first kappa shape index (κ1) is 17.9. The lowest BCUT2D eigenvalue weighted by Gasteiger charge is -2.21. The summed E-state index contributed by atoms with van der Waals surface area (Å²) in [6.07, 6.45) is -1.06. The van der Waals surface area contributed by atoms with Gasteiger partial charge in [0.1, 0.15) is 5.01 Å². The van der Waals surface area contributed by atoms with Crippen LogP contribution >= 0.6 is 11.3 Å². The van der Waals surface area contributed by atoms with Gasteiger partial charge in [0, 0.05) is 10.9 Å². The number of carbonyl (C=O) groups is 1. The largest absolute Gasteiger partial charge is 0.416 e. The van der Waals surface area contributed by atoms with E-state index < -0.39 is 17.3 Å². The third kappa shape index (κ3) is 4.01. The fourth-order valence-electron chi connectivity index (χ4n) is 2.90.